The van der Waals surface area contributed by atoms with Gasteiger partial charge >= 0.3 is 0 Å². The van der Waals surface area contributed by atoms with Gasteiger partial charge in [-0.1, -0.05) is 0 Å². The second-order valence-corrected chi connectivity index (χ2v) is 5.14. The van der Waals surface area contributed by atoms with Crippen LogP contribution < -0.4 is 16.4 Å². The molecule has 18 heavy (non-hydrogen) atoms. The molecular weight excluding hydrogens is 230 g/mol. The van der Waals surface area contributed by atoms with Crippen LogP contribution in [0.15, 0.2) is 12.3 Å². The summed E-state index contributed by atoms with van der Waals surface area (Å²) in [5.41, 5.74) is 5.69. The minimum atomic E-state index is -0.0483. The van der Waals surface area contributed by atoms with Gasteiger partial charge in [-0.2, -0.15) is 5.10 Å². The van der Waals surface area contributed by atoms with Crippen molar-refractivity contribution in [1.29, 1.82) is 0 Å². The lowest BCUT2D eigenvalue weighted by Gasteiger charge is -2.29. The second-order valence-electron chi connectivity index (χ2n) is 5.14. The van der Waals surface area contributed by atoms with E-state index in [0.29, 0.717) is 18.5 Å². The Labute approximate surface area is 106 Å². The molecular formula is C12H19N5O. The Hall–Kier alpha value is -1.40. The Morgan fingerprint density at radius 1 is 1.61 bits per heavy atom. The molecule has 0 bridgehead atoms. The zero-order chi connectivity index (χ0) is 12.5. The fourth-order valence-corrected chi connectivity index (χ4v) is 2.38. The molecule has 1 aliphatic heterocycles. The monoisotopic (exact) mass is 249 g/mol. The van der Waals surface area contributed by atoms with Gasteiger partial charge in [0.25, 0.3) is 0 Å². The van der Waals surface area contributed by atoms with Crippen molar-refractivity contribution in [3.63, 3.8) is 0 Å². The van der Waals surface area contributed by atoms with Crippen molar-refractivity contribution < 1.29 is 4.79 Å². The molecule has 2 fully saturated rings. The molecule has 1 aromatic heterocycles. The molecule has 1 atom stereocenters. The third-order valence-corrected chi connectivity index (χ3v) is 3.81. The van der Waals surface area contributed by atoms with Crippen LogP contribution in [0.2, 0.25) is 0 Å². The summed E-state index contributed by atoms with van der Waals surface area (Å²) < 4.78 is 1.88. The Morgan fingerprint density at radius 2 is 2.39 bits per heavy atom. The van der Waals surface area contributed by atoms with E-state index in [1.54, 1.807) is 6.20 Å². The van der Waals surface area contributed by atoms with E-state index in [1.165, 1.54) is 0 Å². The number of hydrogen-bond acceptors (Lipinski definition) is 4. The van der Waals surface area contributed by atoms with Crippen molar-refractivity contribution in [3.05, 3.63) is 12.3 Å². The first-order valence-electron chi connectivity index (χ1n) is 6.54. The molecule has 2 aliphatic rings. The third-order valence-electron chi connectivity index (χ3n) is 3.81. The molecule has 0 spiro atoms. The molecule has 1 aliphatic carbocycles. The average Bonchev–Trinajstić information content (AvgIpc) is 3.01. The zero-order valence-electron chi connectivity index (χ0n) is 10.3. The van der Waals surface area contributed by atoms with Crippen molar-refractivity contribution in [2.75, 3.05) is 25.0 Å². The first kappa shape index (κ1) is 11.7. The lowest BCUT2D eigenvalue weighted by Crippen LogP contribution is -2.44. The molecule has 1 amide bonds. The van der Waals surface area contributed by atoms with Crippen LogP contribution in [-0.4, -0.2) is 35.3 Å². The number of aromatic nitrogens is 2. The van der Waals surface area contributed by atoms with Gasteiger partial charge in [-0.05, 0) is 18.8 Å². The summed E-state index contributed by atoms with van der Waals surface area (Å²) in [5, 5.41) is 10.4. The van der Waals surface area contributed by atoms with Gasteiger partial charge in [-0.25, -0.2) is 4.68 Å². The fraction of sp³-hybridized carbons (Fsp3) is 0.667. The summed E-state index contributed by atoms with van der Waals surface area (Å²) in [4.78, 5) is 12.2. The number of hydrogen-bond donors (Lipinski definition) is 3. The average molecular weight is 249 g/mol. The zero-order valence-corrected chi connectivity index (χ0v) is 10.3. The Morgan fingerprint density at radius 3 is 2.94 bits per heavy atom. The molecule has 1 saturated heterocycles. The molecule has 3 rings (SSSR count). The smallest absolute Gasteiger partial charge is 0.230 e. The van der Waals surface area contributed by atoms with E-state index in [9.17, 15) is 4.79 Å². The molecule has 2 heterocycles. The number of nitrogens with zero attached hydrogens (tertiary/aromatic N) is 2. The number of nitrogens with one attached hydrogen (secondary N) is 2. The van der Waals surface area contributed by atoms with E-state index in [4.69, 9.17) is 5.73 Å². The van der Waals surface area contributed by atoms with Gasteiger partial charge in [-0.3, -0.25) is 4.79 Å². The highest BCUT2D eigenvalue weighted by Gasteiger charge is 2.35. The maximum Gasteiger partial charge on any atom is 0.230 e. The molecule has 1 aromatic rings. The van der Waals surface area contributed by atoms with Gasteiger partial charge < -0.3 is 16.4 Å². The summed E-state index contributed by atoms with van der Waals surface area (Å²) in [6, 6.07) is 2.20. The minimum Gasteiger partial charge on any atom is -0.330 e. The van der Waals surface area contributed by atoms with Crippen molar-refractivity contribution in [1.82, 2.24) is 15.1 Å². The van der Waals surface area contributed by atoms with E-state index in [0.717, 1.165) is 31.7 Å². The number of carbonyl (C=O) groups excluding carboxylic acids is 1. The van der Waals surface area contributed by atoms with Gasteiger partial charge in [0.2, 0.25) is 5.91 Å². The SMILES string of the molecule is NCC(C(=O)Nc1ccnn1C1CNC1)C1CC1. The van der Waals surface area contributed by atoms with Crippen molar-refractivity contribution in [2.45, 2.75) is 18.9 Å². The molecule has 6 nitrogen and oxygen atoms in total. The maximum absolute atomic E-state index is 12.2. The standard InChI is InChI=1S/C12H19N5O/c13-5-10(8-1-2-8)12(18)16-11-3-4-15-17(11)9-6-14-7-9/h3-4,8-10,14H,1-2,5-7,13H2,(H,16,18). The van der Waals surface area contributed by atoms with Gasteiger partial charge in [0.05, 0.1) is 18.2 Å². The van der Waals surface area contributed by atoms with Crippen LogP contribution in [-0.2, 0) is 4.79 Å². The predicted molar refractivity (Wildman–Crippen MR) is 68.0 cm³/mol. The van der Waals surface area contributed by atoms with Gasteiger partial charge in [-0.15, -0.1) is 0 Å². The fourth-order valence-electron chi connectivity index (χ4n) is 2.38. The van der Waals surface area contributed by atoms with Crippen molar-refractivity contribution >= 4 is 11.7 Å². The molecule has 0 radical (unpaired) electrons. The highest BCUT2D eigenvalue weighted by atomic mass is 16.2. The lowest BCUT2D eigenvalue weighted by molar-refractivity contribution is -0.120. The van der Waals surface area contributed by atoms with E-state index in [-0.39, 0.29) is 11.8 Å². The van der Waals surface area contributed by atoms with Crippen LogP contribution in [0.1, 0.15) is 18.9 Å². The Balaban J connectivity index is 1.67. The molecule has 98 valence electrons. The van der Waals surface area contributed by atoms with Crippen LogP contribution in [0.4, 0.5) is 5.82 Å². The highest BCUT2D eigenvalue weighted by molar-refractivity contribution is 5.92. The molecule has 4 N–H and O–H groups in total. The molecule has 1 unspecified atom stereocenters. The van der Waals surface area contributed by atoms with E-state index in [2.05, 4.69) is 15.7 Å². The second kappa shape index (κ2) is 4.70. The van der Waals surface area contributed by atoms with Gasteiger partial charge in [0.15, 0.2) is 0 Å². The topological polar surface area (TPSA) is 85.0 Å². The number of nitrogens with two attached hydrogens (primary N) is 1. The molecule has 0 aromatic carbocycles. The minimum absolute atomic E-state index is 0.0361. The van der Waals surface area contributed by atoms with Crippen molar-refractivity contribution in [2.24, 2.45) is 17.6 Å². The number of amides is 1. The normalized spacial score (nSPS) is 21.4. The predicted octanol–water partition coefficient (Wildman–Crippen LogP) is -0.0492. The van der Waals surface area contributed by atoms with Crippen LogP contribution in [0, 0.1) is 11.8 Å². The summed E-state index contributed by atoms with van der Waals surface area (Å²) in [5.74, 6) is 1.25. The summed E-state index contributed by atoms with van der Waals surface area (Å²) >= 11 is 0. The first-order valence-corrected chi connectivity index (χ1v) is 6.54. The van der Waals surface area contributed by atoms with E-state index >= 15 is 0 Å². The molecule has 1 saturated carbocycles. The van der Waals surface area contributed by atoms with E-state index < -0.39 is 0 Å². The highest BCUT2D eigenvalue weighted by Crippen LogP contribution is 2.36. The molecule has 6 heteroatoms. The number of carbonyl (C=O) groups is 1. The van der Waals surface area contributed by atoms with Crippen LogP contribution >= 0.6 is 0 Å². The van der Waals surface area contributed by atoms with E-state index in [1.807, 2.05) is 10.7 Å². The van der Waals surface area contributed by atoms with Crippen molar-refractivity contribution in [3.8, 4) is 0 Å². The summed E-state index contributed by atoms with van der Waals surface area (Å²) in [6.45, 7) is 2.25. The Kier molecular flexibility index (Phi) is 3.05. The van der Waals surface area contributed by atoms with Crippen LogP contribution in [0.25, 0.3) is 0 Å². The first-order chi connectivity index (χ1) is 8.79. The summed E-state index contributed by atoms with van der Waals surface area (Å²) in [7, 11) is 0. The number of rotatable bonds is 5. The number of anilines is 1. The largest absolute Gasteiger partial charge is 0.330 e. The maximum atomic E-state index is 12.2. The quantitative estimate of drug-likeness (QED) is 0.683. The summed E-state index contributed by atoms with van der Waals surface area (Å²) in [6.07, 6.45) is 3.98. The van der Waals surface area contributed by atoms with Crippen LogP contribution in [0.5, 0.6) is 0 Å². The van der Waals surface area contributed by atoms with Gasteiger partial charge in [0, 0.05) is 25.7 Å². The Bertz CT molecular complexity index is 435. The third kappa shape index (κ3) is 2.13. The lowest BCUT2D eigenvalue weighted by atomic mass is 10.0. The van der Waals surface area contributed by atoms with Gasteiger partial charge in [0.1, 0.15) is 5.82 Å². The van der Waals surface area contributed by atoms with Crippen LogP contribution in [0.3, 0.4) is 0 Å².